The lowest BCUT2D eigenvalue weighted by Gasteiger charge is -2.30. The molecular weight excluding hydrogens is 520 g/mol. The van der Waals surface area contributed by atoms with Crippen LogP contribution in [-0.4, -0.2) is 60.8 Å². The van der Waals surface area contributed by atoms with Gasteiger partial charge in [-0.05, 0) is 82.3 Å². The van der Waals surface area contributed by atoms with Crippen molar-refractivity contribution in [2.24, 2.45) is 5.92 Å². The molecule has 0 spiro atoms. The number of benzene rings is 1. The van der Waals surface area contributed by atoms with E-state index in [2.05, 4.69) is 20.4 Å². The number of rotatable bonds is 9. The summed E-state index contributed by atoms with van der Waals surface area (Å²) < 4.78 is 21.5. The zero-order valence-electron chi connectivity index (χ0n) is 22.6. The number of ether oxygens (including phenoxy) is 3. The molecule has 0 unspecified atom stereocenters. The van der Waals surface area contributed by atoms with Crippen molar-refractivity contribution in [1.82, 2.24) is 15.0 Å². The topological polar surface area (TPSA) is 116 Å². The molecule has 1 N–H and O–H groups in total. The van der Waals surface area contributed by atoms with Crippen LogP contribution in [0, 0.1) is 5.92 Å². The van der Waals surface area contributed by atoms with E-state index in [-0.39, 0.29) is 17.8 Å². The highest BCUT2D eigenvalue weighted by Crippen LogP contribution is 2.39. The summed E-state index contributed by atoms with van der Waals surface area (Å²) in [4.78, 5) is 33.9. The van der Waals surface area contributed by atoms with E-state index >= 15 is 0 Å². The normalized spacial score (nSPS) is 16.0. The average molecular weight is 555 g/mol. The number of methoxy groups -OCH3 is 2. The predicted molar refractivity (Wildman–Crippen MR) is 146 cm³/mol. The highest BCUT2D eigenvalue weighted by atomic mass is 32.1. The lowest BCUT2D eigenvalue weighted by atomic mass is 9.94. The number of anilines is 1. The molecule has 1 aliphatic heterocycles. The minimum Gasteiger partial charge on any atom is -0.493 e. The third-order valence-electron chi connectivity index (χ3n) is 7.31. The van der Waals surface area contributed by atoms with Crippen molar-refractivity contribution in [2.75, 3.05) is 39.2 Å². The smallest absolute Gasteiger partial charge is 0.341 e. The maximum absolute atomic E-state index is 13.2. The van der Waals surface area contributed by atoms with Crippen LogP contribution in [0.2, 0.25) is 0 Å². The van der Waals surface area contributed by atoms with E-state index in [1.165, 1.54) is 16.2 Å². The van der Waals surface area contributed by atoms with E-state index < -0.39 is 0 Å². The molecule has 5 rings (SSSR count). The first-order chi connectivity index (χ1) is 19.0. The van der Waals surface area contributed by atoms with Crippen LogP contribution in [0.3, 0.4) is 0 Å². The van der Waals surface area contributed by atoms with Crippen molar-refractivity contribution in [3.8, 4) is 22.9 Å². The summed E-state index contributed by atoms with van der Waals surface area (Å²) in [5.74, 6) is 1.73. The third-order valence-corrected chi connectivity index (χ3v) is 8.52. The molecule has 3 heterocycles. The number of nitrogens with zero attached hydrogens (tertiary/aromatic N) is 3. The second-order valence-corrected chi connectivity index (χ2v) is 10.9. The molecule has 0 atom stereocenters. The molecule has 0 bridgehead atoms. The Kier molecular flexibility index (Phi) is 8.47. The number of nitrogens with one attached hydrogen (secondary N) is 1. The molecule has 10 nitrogen and oxygen atoms in total. The summed E-state index contributed by atoms with van der Waals surface area (Å²) in [6.07, 6.45) is 5.39. The lowest BCUT2D eigenvalue weighted by molar-refractivity contribution is -0.121. The Hall–Kier alpha value is -3.44. The highest BCUT2D eigenvalue weighted by molar-refractivity contribution is 7.17. The molecule has 208 valence electrons. The number of fused-ring (bicyclic) bond motifs is 1. The van der Waals surface area contributed by atoms with Gasteiger partial charge in [-0.1, -0.05) is 5.16 Å². The second kappa shape index (κ2) is 12.2. The fourth-order valence-electron chi connectivity index (χ4n) is 5.24. The van der Waals surface area contributed by atoms with Crippen LogP contribution < -0.4 is 14.8 Å². The maximum atomic E-state index is 13.2. The Morgan fingerprint density at radius 3 is 2.64 bits per heavy atom. The van der Waals surface area contributed by atoms with Crippen LogP contribution in [0.1, 0.15) is 59.3 Å². The number of hydrogen-bond acceptors (Lipinski definition) is 10. The summed E-state index contributed by atoms with van der Waals surface area (Å²) in [6.45, 7) is 4.09. The Morgan fingerprint density at radius 1 is 1.13 bits per heavy atom. The molecule has 0 radical (unpaired) electrons. The average Bonchev–Trinajstić information content (AvgIpc) is 3.57. The fraction of sp³-hybridized carbons (Fsp3) is 0.500. The first kappa shape index (κ1) is 27.1. The van der Waals surface area contributed by atoms with Gasteiger partial charge in [0.15, 0.2) is 11.5 Å². The van der Waals surface area contributed by atoms with Crippen LogP contribution in [0.5, 0.6) is 11.5 Å². The van der Waals surface area contributed by atoms with Crippen LogP contribution in [-0.2, 0) is 28.9 Å². The quantitative estimate of drug-likeness (QED) is 0.375. The highest BCUT2D eigenvalue weighted by Gasteiger charge is 2.31. The van der Waals surface area contributed by atoms with Gasteiger partial charge in [0.2, 0.25) is 17.6 Å². The zero-order valence-corrected chi connectivity index (χ0v) is 23.4. The molecule has 1 aliphatic carbocycles. The zero-order chi connectivity index (χ0) is 27.4. The number of hydrogen-bond donors (Lipinski definition) is 1. The van der Waals surface area contributed by atoms with Gasteiger partial charge in [-0.15, -0.1) is 11.3 Å². The predicted octanol–water partition coefficient (Wildman–Crippen LogP) is 4.72. The van der Waals surface area contributed by atoms with Crippen molar-refractivity contribution < 1.29 is 28.3 Å². The van der Waals surface area contributed by atoms with Gasteiger partial charge in [-0.25, -0.2) is 4.79 Å². The second-order valence-electron chi connectivity index (χ2n) is 9.76. The molecule has 3 aromatic rings. The standard InChI is InChI=1S/C28H34N4O6S/c1-4-37-28(34)24-19-7-5-6-8-22(19)39-27(24)30-26(33)17-11-13-32(14-12-17)16-23-29-25(31-38-23)18-9-10-20(35-2)21(15-18)36-3/h9-10,15,17H,4-8,11-14,16H2,1-3H3,(H,30,33). The van der Waals surface area contributed by atoms with Crippen molar-refractivity contribution in [3.05, 3.63) is 40.1 Å². The number of amides is 1. The lowest BCUT2D eigenvalue weighted by Crippen LogP contribution is -2.37. The fourth-order valence-corrected chi connectivity index (χ4v) is 6.52. The van der Waals surface area contributed by atoms with Gasteiger partial charge >= 0.3 is 5.97 Å². The molecule has 39 heavy (non-hydrogen) atoms. The molecular formula is C28H34N4O6S. The number of thiophene rings is 1. The number of aromatic nitrogens is 2. The third kappa shape index (κ3) is 5.94. The summed E-state index contributed by atoms with van der Waals surface area (Å²) in [5.41, 5.74) is 2.39. The van der Waals surface area contributed by atoms with Crippen LogP contribution in [0.25, 0.3) is 11.4 Å². The molecule has 1 fully saturated rings. The molecule has 1 amide bonds. The van der Waals surface area contributed by atoms with Crippen molar-refractivity contribution in [3.63, 3.8) is 0 Å². The first-order valence-corrected chi connectivity index (χ1v) is 14.2. The Labute approximate surface area is 231 Å². The number of aryl methyl sites for hydroxylation is 1. The van der Waals surface area contributed by atoms with Crippen molar-refractivity contribution >= 4 is 28.2 Å². The van der Waals surface area contributed by atoms with E-state index in [1.54, 1.807) is 27.2 Å². The van der Waals surface area contributed by atoms with Crippen LogP contribution in [0.15, 0.2) is 22.7 Å². The SMILES string of the molecule is CCOC(=O)c1c(NC(=O)C2CCN(Cc3nc(-c4ccc(OC)c(OC)c4)no3)CC2)sc2c1CCCC2. The van der Waals surface area contributed by atoms with E-state index in [1.807, 2.05) is 12.1 Å². The van der Waals surface area contributed by atoms with Gasteiger partial charge in [0.1, 0.15) is 5.00 Å². The van der Waals surface area contributed by atoms with Crippen molar-refractivity contribution in [1.29, 1.82) is 0 Å². The van der Waals surface area contributed by atoms with Crippen LogP contribution >= 0.6 is 11.3 Å². The summed E-state index contributed by atoms with van der Waals surface area (Å²) in [7, 11) is 3.17. The number of esters is 1. The number of piperidine rings is 1. The summed E-state index contributed by atoms with van der Waals surface area (Å²) in [6, 6.07) is 5.48. The first-order valence-electron chi connectivity index (χ1n) is 13.4. The van der Waals surface area contributed by atoms with Gasteiger partial charge in [0.25, 0.3) is 0 Å². The van der Waals surface area contributed by atoms with Gasteiger partial charge in [0.05, 0.1) is 32.9 Å². The van der Waals surface area contributed by atoms with E-state index in [9.17, 15) is 9.59 Å². The minimum atomic E-state index is -0.339. The van der Waals surface area contributed by atoms with Gasteiger partial charge in [0, 0.05) is 16.4 Å². The van der Waals surface area contributed by atoms with Gasteiger partial charge < -0.3 is 24.1 Å². The van der Waals surface area contributed by atoms with Crippen molar-refractivity contribution in [2.45, 2.75) is 52.0 Å². The van der Waals surface area contributed by atoms with E-state index in [4.69, 9.17) is 18.7 Å². The molecule has 1 saturated heterocycles. The number of likely N-dealkylation sites (tertiary alicyclic amines) is 1. The number of carbonyl (C=O) groups is 2. The molecule has 2 aromatic heterocycles. The maximum Gasteiger partial charge on any atom is 0.341 e. The summed E-state index contributed by atoms with van der Waals surface area (Å²) >= 11 is 1.53. The van der Waals surface area contributed by atoms with E-state index in [0.29, 0.717) is 59.8 Å². The Morgan fingerprint density at radius 2 is 1.90 bits per heavy atom. The van der Waals surface area contributed by atoms with Gasteiger partial charge in [-0.2, -0.15) is 4.98 Å². The Bertz CT molecular complexity index is 1330. The molecule has 11 heteroatoms. The molecule has 2 aliphatic rings. The number of carbonyl (C=O) groups excluding carboxylic acids is 2. The van der Waals surface area contributed by atoms with E-state index in [0.717, 1.165) is 49.9 Å². The molecule has 1 aromatic carbocycles. The van der Waals surface area contributed by atoms with Gasteiger partial charge in [-0.3, -0.25) is 9.69 Å². The molecule has 0 saturated carbocycles. The van der Waals surface area contributed by atoms with Crippen LogP contribution in [0.4, 0.5) is 5.00 Å². The minimum absolute atomic E-state index is 0.0349. The summed E-state index contributed by atoms with van der Waals surface area (Å²) in [5, 5.41) is 7.85. The Balaban J connectivity index is 1.18. The monoisotopic (exact) mass is 554 g/mol. The largest absolute Gasteiger partial charge is 0.493 e.